The minimum Gasteiger partial charge on any atom is -0.457 e. The lowest BCUT2D eigenvalue weighted by molar-refractivity contribution is -0.150. The molecule has 0 saturated heterocycles. The van der Waals surface area contributed by atoms with Crippen LogP contribution in [0.4, 0.5) is 0 Å². The number of rotatable bonds is 8. The molecule has 0 bridgehead atoms. The molecule has 5 heteroatoms. The number of ether oxygens (including phenoxy) is 1. The van der Waals surface area contributed by atoms with E-state index in [9.17, 15) is 9.59 Å². The Hall–Kier alpha value is -1.49. The molecule has 0 fully saturated rings. The maximum atomic E-state index is 13.1. The highest BCUT2D eigenvalue weighted by molar-refractivity contribution is 7.06. The van der Waals surface area contributed by atoms with Crippen LogP contribution in [0.5, 0.6) is 0 Å². The van der Waals surface area contributed by atoms with Gasteiger partial charge < -0.3 is 9.53 Å². The molecule has 22 heavy (non-hydrogen) atoms. The molecule has 0 aromatic carbocycles. The molecule has 2 unspecified atom stereocenters. The molecule has 2 atom stereocenters. The van der Waals surface area contributed by atoms with Gasteiger partial charge in [0.2, 0.25) is 0 Å². The van der Waals surface area contributed by atoms with Gasteiger partial charge in [0, 0.05) is 24.9 Å². The summed E-state index contributed by atoms with van der Waals surface area (Å²) in [5.41, 5.74) is 0.782. The molecule has 1 heterocycles. The van der Waals surface area contributed by atoms with Crippen molar-refractivity contribution in [2.24, 2.45) is 5.92 Å². The van der Waals surface area contributed by atoms with Crippen LogP contribution in [0, 0.1) is 5.92 Å². The van der Waals surface area contributed by atoms with Crippen molar-refractivity contribution in [2.45, 2.75) is 58.9 Å². The van der Waals surface area contributed by atoms with E-state index in [0.29, 0.717) is 5.41 Å². The molecular weight excluding hydrogens is 294 g/mol. The molecule has 0 radical (unpaired) electrons. The summed E-state index contributed by atoms with van der Waals surface area (Å²) in [5, 5.41) is 0.301. The zero-order valence-electron chi connectivity index (χ0n) is 14.3. The van der Waals surface area contributed by atoms with Gasteiger partial charge in [-0.1, -0.05) is 51.9 Å². The van der Waals surface area contributed by atoms with Crippen molar-refractivity contribution in [2.75, 3.05) is 0 Å². The second kappa shape index (κ2) is 8.22. The van der Waals surface area contributed by atoms with Crippen molar-refractivity contribution < 1.29 is 14.3 Å². The molecule has 0 saturated carbocycles. The van der Waals surface area contributed by atoms with Crippen molar-refractivity contribution in [3.8, 4) is 0 Å². The fourth-order valence-corrected chi connectivity index (χ4v) is 6.74. The van der Waals surface area contributed by atoms with Crippen LogP contribution in [0.3, 0.4) is 0 Å². The molecule has 0 N–H and O–H groups in total. The number of esters is 1. The Morgan fingerprint density at radius 1 is 1.23 bits per heavy atom. The standard InChI is InChI=1S/C17H27NO3Si/c1-6-22(7-2,8-3)17(20)13(4)16(21-14(5)19)15-10-9-11-18-12-15/h9-13,16H,6-8H2,1-5H3. The van der Waals surface area contributed by atoms with Crippen molar-refractivity contribution in [3.05, 3.63) is 30.1 Å². The van der Waals surface area contributed by atoms with Gasteiger partial charge in [0.15, 0.2) is 0 Å². The zero-order chi connectivity index (χ0) is 16.8. The maximum absolute atomic E-state index is 13.1. The molecule has 0 amide bonds. The van der Waals surface area contributed by atoms with Gasteiger partial charge in [0.05, 0.1) is 5.92 Å². The van der Waals surface area contributed by atoms with E-state index >= 15 is 0 Å². The molecule has 4 nitrogen and oxygen atoms in total. The second-order valence-corrected chi connectivity index (χ2v) is 11.0. The van der Waals surface area contributed by atoms with Crippen LogP contribution in [0.25, 0.3) is 0 Å². The summed E-state index contributed by atoms with van der Waals surface area (Å²) < 4.78 is 5.47. The normalized spacial score (nSPS) is 14.2. The zero-order valence-corrected chi connectivity index (χ0v) is 15.3. The number of aromatic nitrogens is 1. The largest absolute Gasteiger partial charge is 0.457 e. The van der Waals surface area contributed by atoms with E-state index < -0.39 is 14.2 Å². The molecule has 1 rings (SSSR count). The number of carbonyl (C=O) groups excluding carboxylic acids is 2. The van der Waals surface area contributed by atoms with Gasteiger partial charge in [-0.25, -0.2) is 0 Å². The van der Waals surface area contributed by atoms with Gasteiger partial charge in [-0.3, -0.25) is 9.78 Å². The smallest absolute Gasteiger partial charge is 0.303 e. The lowest BCUT2D eigenvalue weighted by Gasteiger charge is -2.32. The molecule has 0 aliphatic rings. The average molecular weight is 321 g/mol. The van der Waals surface area contributed by atoms with Gasteiger partial charge in [-0.05, 0) is 6.07 Å². The van der Waals surface area contributed by atoms with E-state index in [-0.39, 0.29) is 11.9 Å². The predicted molar refractivity (Wildman–Crippen MR) is 90.1 cm³/mol. The Kier molecular flexibility index (Phi) is 6.93. The van der Waals surface area contributed by atoms with Crippen LogP contribution in [0.2, 0.25) is 18.1 Å². The van der Waals surface area contributed by atoms with Crippen molar-refractivity contribution in [1.29, 1.82) is 0 Å². The molecule has 122 valence electrons. The first kappa shape index (κ1) is 18.6. The summed E-state index contributed by atoms with van der Waals surface area (Å²) in [5.74, 6) is -0.704. The van der Waals surface area contributed by atoms with Crippen molar-refractivity contribution >= 4 is 19.4 Å². The van der Waals surface area contributed by atoms with Crippen molar-refractivity contribution in [3.63, 3.8) is 0 Å². The minimum atomic E-state index is -1.98. The lowest BCUT2D eigenvalue weighted by atomic mass is 9.99. The Morgan fingerprint density at radius 2 is 1.82 bits per heavy atom. The summed E-state index contributed by atoms with van der Waals surface area (Å²) in [6.07, 6.45) is 2.80. The molecular formula is C17H27NO3Si. The van der Waals surface area contributed by atoms with E-state index in [1.54, 1.807) is 18.5 Å². The number of hydrogen-bond acceptors (Lipinski definition) is 4. The summed E-state index contributed by atoms with van der Waals surface area (Å²) in [6.45, 7) is 9.58. The second-order valence-electron chi connectivity index (χ2n) is 5.81. The van der Waals surface area contributed by atoms with E-state index in [2.05, 4.69) is 25.8 Å². The Labute approximate surface area is 134 Å². The number of carbonyl (C=O) groups is 2. The maximum Gasteiger partial charge on any atom is 0.303 e. The first-order valence-corrected chi connectivity index (χ1v) is 10.6. The average Bonchev–Trinajstić information content (AvgIpc) is 2.54. The van der Waals surface area contributed by atoms with Crippen LogP contribution in [-0.4, -0.2) is 24.4 Å². The fourth-order valence-electron chi connectivity index (χ4n) is 3.07. The highest BCUT2D eigenvalue weighted by atomic mass is 28.3. The van der Waals surface area contributed by atoms with Gasteiger partial charge >= 0.3 is 5.97 Å². The monoisotopic (exact) mass is 321 g/mol. The predicted octanol–water partition coefficient (Wildman–Crippen LogP) is 3.94. The van der Waals surface area contributed by atoms with Crippen LogP contribution in [0.1, 0.15) is 46.3 Å². The summed E-state index contributed by atoms with van der Waals surface area (Å²) >= 11 is 0. The molecule has 1 aromatic rings. The van der Waals surface area contributed by atoms with Crippen LogP contribution in [0.15, 0.2) is 24.5 Å². The topological polar surface area (TPSA) is 56.3 Å². The van der Waals surface area contributed by atoms with E-state index in [1.807, 2.05) is 13.0 Å². The van der Waals surface area contributed by atoms with E-state index in [0.717, 1.165) is 23.7 Å². The third kappa shape index (κ3) is 4.03. The van der Waals surface area contributed by atoms with Crippen LogP contribution < -0.4 is 0 Å². The highest BCUT2D eigenvalue weighted by Gasteiger charge is 2.42. The molecule has 0 aliphatic heterocycles. The SMILES string of the molecule is CC[Si](CC)(CC)C(=O)C(C)C(OC(C)=O)c1cccnc1. The first-order valence-electron chi connectivity index (χ1n) is 8.03. The third-order valence-electron chi connectivity index (χ3n) is 4.73. The highest BCUT2D eigenvalue weighted by Crippen LogP contribution is 2.33. The number of hydrogen-bond donors (Lipinski definition) is 0. The Bertz CT molecular complexity index is 492. The molecule has 0 spiro atoms. The summed E-state index contributed by atoms with van der Waals surface area (Å²) in [4.78, 5) is 28.7. The summed E-state index contributed by atoms with van der Waals surface area (Å²) in [6, 6.07) is 6.46. The summed E-state index contributed by atoms with van der Waals surface area (Å²) in [7, 11) is -1.98. The molecule has 1 aromatic heterocycles. The van der Waals surface area contributed by atoms with Crippen molar-refractivity contribution in [1.82, 2.24) is 4.98 Å². The fraction of sp³-hybridized carbons (Fsp3) is 0.588. The molecule has 0 aliphatic carbocycles. The van der Waals surface area contributed by atoms with Gasteiger partial charge in [-0.2, -0.15) is 0 Å². The van der Waals surface area contributed by atoms with Crippen LogP contribution in [-0.2, 0) is 14.3 Å². The van der Waals surface area contributed by atoms with Crippen LogP contribution >= 0.6 is 0 Å². The minimum absolute atomic E-state index is 0.301. The number of nitrogens with zero attached hydrogens (tertiary/aromatic N) is 1. The Balaban J connectivity index is 3.14. The Morgan fingerprint density at radius 3 is 2.23 bits per heavy atom. The van der Waals surface area contributed by atoms with Gasteiger partial charge in [-0.15, -0.1) is 0 Å². The number of pyridine rings is 1. The quantitative estimate of drug-likeness (QED) is 0.537. The first-order chi connectivity index (χ1) is 10.4. The van der Waals surface area contributed by atoms with Gasteiger partial charge in [0.1, 0.15) is 19.6 Å². The third-order valence-corrected chi connectivity index (χ3v) is 10.3. The van der Waals surface area contributed by atoms with Gasteiger partial charge in [0.25, 0.3) is 0 Å². The van der Waals surface area contributed by atoms with E-state index in [1.165, 1.54) is 6.92 Å². The lowest BCUT2D eigenvalue weighted by Crippen LogP contribution is -2.47. The van der Waals surface area contributed by atoms with E-state index in [4.69, 9.17) is 4.74 Å².